The summed E-state index contributed by atoms with van der Waals surface area (Å²) < 4.78 is 73.5. The average Bonchev–Trinajstić information content (AvgIpc) is 2.89. The average molecular weight is 540 g/mol. The Hall–Kier alpha value is -2.54. The van der Waals surface area contributed by atoms with Crippen LogP contribution in [0.2, 0.25) is 0 Å². The Morgan fingerprint density at radius 1 is 0.889 bits per heavy atom. The van der Waals surface area contributed by atoms with Gasteiger partial charge in [0.1, 0.15) is 11.6 Å². The maximum atomic E-state index is 13.2. The van der Waals surface area contributed by atoms with Gasteiger partial charge < -0.3 is 10.1 Å². The van der Waals surface area contributed by atoms with Crippen LogP contribution in [0, 0.1) is 11.7 Å². The molecule has 2 saturated heterocycles. The lowest BCUT2D eigenvalue weighted by molar-refractivity contribution is -0.120. The minimum absolute atomic E-state index is 0.0396. The van der Waals surface area contributed by atoms with Gasteiger partial charge in [0, 0.05) is 26.2 Å². The predicted octanol–water partition coefficient (Wildman–Crippen LogP) is 3.05. The molecule has 1 unspecified atom stereocenters. The zero-order valence-corrected chi connectivity index (χ0v) is 21.7. The minimum atomic E-state index is -3.89. The number of anilines is 1. The summed E-state index contributed by atoms with van der Waals surface area (Å²) in [5.41, 5.74) is 0.207. The first-order chi connectivity index (χ1) is 17.1. The molecular formula is C24H30FN3O6S2. The van der Waals surface area contributed by atoms with Crippen molar-refractivity contribution in [1.82, 2.24) is 8.61 Å². The molecule has 0 bridgehead atoms. The lowest BCUT2D eigenvalue weighted by Gasteiger charge is -2.31. The Morgan fingerprint density at radius 3 is 2.17 bits per heavy atom. The van der Waals surface area contributed by atoms with Gasteiger partial charge in [-0.25, -0.2) is 21.2 Å². The van der Waals surface area contributed by atoms with Gasteiger partial charge in [0.25, 0.3) is 0 Å². The number of sulfonamides is 2. The first-order valence-corrected chi connectivity index (χ1v) is 14.8. The van der Waals surface area contributed by atoms with Crippen LogP contribution in [0.15, 0.2) is 52.3 Å². The molecule has 2 fully saturated rings. The number of piperidine rings is 2. The van der Waals surface area contributed by atoms with Gasteiger partial charge in [0.15, 0.2) is 0 Å². The molecule has 2 heterocycles. The molecule has 2 aromatic carbocycles. The molecule has 0 saturated carbocycles. The monoisotopic (exact) mass is 539 g/mol. The summed E-state index contributed by atoms with van der Waals surface area (Å²) in [6.45, 7) is 1.11. The number of halogens is 1. The number of nitrogens with zero attached hydrogens (tertiary/aromatic N) is 2. The summed E-state index contributed by atoms with van der Waals surface area (Å²) in [6, 6.07) is 8.91. The Labute approximate surface area is 211 Å². The third-order valence-corrected chi connectivity index (χ3v) is 10.4. The van der Waals surface area contributed by atoms with Crippen molar-refractivity contribution in [3.05, 3.63) is 48.3 Å². The van der Waals surface area contributed by atoms with Crippen LogP contribution in [0.4, 0.5) is 10.1 Å². The maximum Gasteiger partial charge on any atom is 0.243 e. The number of hydrogen-bond donors (Lipinski definition) is 1. The zero-order chi connectivity index (χ0) is 25.9. The number of carbonyl (C=O) groups is 1. The molecule has 1 atom stereocenters. The van der Waals surface area contributed by atoms with Gasteiger partial charge >= 0.3 is 0 Å². The van der Waals surface area contributed by atoms with Crippen molar-refractivity contribution in [1.29, 1.82) is 0 Å². The van der Waals surface area contributed by atoms with Gasteiger partial charge in [-0.2, -0.15) is 8.61 Å². The van der Waals surface area contributed by atoms with Crippen LogP contribution in [-0.4, -0.2) is 64.6 Å². The highest BCUT2D eigenvalue weighted by molar-refractivity contribution is 7.89. The Morgan fingerprint density at radius 2 is 1.50 bits per heavy atom. The van der Waals surface area contributed by atoms with E-state index >= 15 is 0 Å². The number of amides is 1. The molecule has 2 aliphatic heterocycles. The molecule has 0 spiro atoms. The van der Waals surface area contributed by atoms with Crippen LogP contribution >= 0.6 is 0 Å². The SMILES string of the molecule is COc1ccc(S(=O)(=O)N2CCCCC2)cc1NC(=O)C1CCCN(S(=O)(=O)c2ccc(F)cc2)C1. The lowest BCUT2D eigenvalue weighted by Crippen LogP contribution is -2.43. The largest absolute Gasteiger partial charge is 0.495 e. The number of hydrogen-bond acceptors (Lipinski definition) is 6. The van der Waals surface area contributed by atoms with E-state index < -0.39 is 37.7 Å². The summed E-state index contributed by atoms with van der Waals surface area (Å²) in [7, 11) is -6.19. The summed E-state index contributed by atoms with van der Waals surface area (Å²) >= 11 is 0. The molecule has 1 N–H and O–H groups in total. The highest BCUT2D eigenvalue weighted by atomic mass is 32.2. The second-order valence-electron chi connectivity index (χ2n) is 8.97. The van der Waals surface area contributed by atoms with Crippen molar-refractivity contribution in [2.24, 2.45) is 5.92 Å². The van der Waals surface area contributed by atoms with Crippen LogP contribution in [-0.2, 0) is 24.8 Å². The van der Waals surface area contributed by atoms with E-state index in [1.807, 2.05) is 0 Å². The zero-order valence-electron chi connectivity index (χ0n) is 20.0. The highest BCUT2D eigenvalue weighted by Gasteiger charge is 2.34. The second-order valence-corrected chi connectivity index (χ2v) is 12.8. The number of carbonyl (C=O) groups excluding carboxylic acids is 1. The minimum Gasteiger partial charge on any atom is -0.495 e. The van der Waals surface area contributed by atoms with E-state index in [1.165, 1.54) is 46.1 Å². The van der Waals surface area contributed by atoms with Crippen molar-refractivity contribution in [2.45, 2.75) is 41.9 Å². The number of methoxy groups -OCH3 is 1. The molecule has 12 heteroatoms. The van der Waals surface area contributed by atoms with E-state index in [0.29, 0.717) is 31.7 Å². The van der Waals surface area contributed by atoms with E-state index in [1.54, 1.807) is 0 Å². The van der Waals surface area contributed by atoms with Crippen LogP contribution in [0.5, 0.6) is 5.75 Å². The highest BCUT2D eigenvalue weighted by Crippen LogP contribution is 2.31. The van der Waals surface area contributed by atoms with Crippen LogP contribution in [0.3, 0.4) is 0 Å². The summed E-state index contributed by atoms with van der Waals surface area (Å²) in [5, 5.41) is 2.75. The molecule has 2 aliphatic rings. The van der Waals surface area contributed by atoms with E-state index in [4.69, 9.17) is 4.74 Å². The second kappa shape index (κ2) is 10.8. The van der Waals surface area contributed by atoms with Crippen molar-refractivity contribution in [2.75, 3.05) is 38.6 Å². The fourth-order valence-electron chi connectivity index (χ4n) is 4.56. The Kier molecular flexibility index (Phi) is 7.98. The van der Waals surface area contributed by atoms with Gasteiger partial charge in [0.05, 0.1) is 28.5 Å². The molecule has 1 amide bonds. The van der Waals surface area contributed by atoms with E-state index in [0.717, 1.165) is 31.4 Å². The lowest BCUT2D eigenvalue weighted by atomic mass is 9.98. The molecule has 196 valence electrons. The molecule has 0 radical (unpaired) electrons. The number of nitrogens with one attached hydrogen (secondary N) is 1. The Bertz CT molecular complexity index is 1310. The molecule has 9 nitrogen and oxygen atoms in total. The summed E-state index contributed by atoms with van der Waals surface area (Å²) in [5.74, 6) is -1.32. The molecule has 36 heavy (non-hydrogen) atoms. The summed E-state index contributed by atoms with van der Waals surface area (Å²) in [4.78, 5) is 13.2. The van der Waals surface area contributed by atoms with Crippen molar-refractivity contribution >= 4 is 31.6 Å². The van der Waals surface area contributed by atoms with Crippen LogP contribution in [0.25, 0.3) is 0 Å². The van der Waals surface area contributed by atoms with Crippen LogP contribution < -0.4 is 10.1 Å². The standard InChI is InChI=1S/C24H30FN3O6S2/c1-34-23-12-11-21(36(32,33)27-13-3-2-4-14-27)16-22(23)26-24(29)18-6-5-15-28(17-18)35(30,31)20-9-7-19(25)8-10-20/h7-12,16,18H,2-6,13-15,17H2,1H3,(H,26,29). The smallest absolute Gasteiger partial charge is 0.243 e. The van der Waals surface area contributed by atoms with E-state index in [9.17, 15) is 26.0 Å². The summed E-state index contributed by atoms with van der Waals surface area (Å²) in [6.07, 6.45) is 3.54. The molecule has 0 aliphatic carbocycles. The van der Waals surface area contributed by atoms with Gasteiger partial charge in [-0.05, 0) is 68.1 Å². The fourth-order valence-corrected chi connectivity index (χ4v) is 7.63. The van der Waals surface area contributed by atoms with Crippen LogP contribution in [0.1, 0.15) is 32.1 Å². The quantitative estimate of drug-likeness (QED) is 0.579. The molecule has 2 aromatic rings. The predicted molar refractivity (Wildman–Crippen MR) is 132 cm³/mol. The van der Waals surface area contributed by atoms with Gasteiger partial charge in [0.2, 0.25) is 26.0 Å². The van der Waals surface area contributed by atoms with Gasteiger partial charge in [-0.3, -0.25) is 4.79 Å². The van der Waals surface area contributed by atoms with Gasteiger partial charge in [-0.1, -0.05) is 6.42 Å². The van der Waals surface area contributed by atoms with Crippen molar-refractivity contribution < 1.29 is 30.8 Å². The van der Waals surface area contributed by atoms with E-state index in [2.05, 4.69) is 5.32 Å². The molecule has 0 aromatic heterocycles. The number of rotatable bonds is 7. The molecular weight excluding hydrogens is 509 g/mol. The fraction of sp³-hybridized carbons (Fsp3) is 0.458. The normalized spacial score (nSPS) is 20.1. The van der Waals surface area contributed by atoms with Crippen molar-refractivity contribution in [3.8, 4) is 5.75 Å². The molecule has 4 rings (SSSR count). The maximum absolute atomic E-state index is 13.2. The van der Waals surface area contributed by atoms with Crippen molar-refractivity contribution in [3.63, 3.8) is 0 Å². The number of benzene rings is 2. The Balaban J connectivity index is 1.52. The third kappa shape index (κ3) is 5.56. The first-order valence-electron chi connectivity index (χ1n) is 11.9. The van der Waals surface area contributed by atoms with E-state index in [-0.39, 0.29) is 28.6 Å². The topological polar surface area (TPSA) is 113 Å². The first kappa shape index (κ1) is 26.5. The third-order valence-electron chi connectivity index (χ3n) is 6.59. The van der Waals surface area contributed by atoms with Gasteiger partial charge in [-0.15, -0.1) is 0 Å². The number of ether oxygens (including phenoxy) is 1.